The third kappa shape index (κ3) is 3.09. The van der Waals surface area contributed by atoms with Gasteiger partial charge in [0.25, 0.3) is 10.0 Å². The molecule has 25 heavy (non-hydrogen) atoms. The second-order valence-electron chi connectivity index (χ2n) is 6.08. The number of imidazole rings is 1. The summed E-state index contributed by atoms with van der Waals surface area (Å²) in [6, 6.07) is 11.0. The first-order valence-electron chi connectivity index (χ1n) is 8.33. The molecule has 130 valence electrons. The Kier molecular flexibility index (Phi) is 4.13. The summed E-state index contributed by atoms with van der Waals surface area (Å²) >= 11 is 1.31. The lowest BCUT2D eigenvalue weighted by Gasteiger charge is -2.09. The summed E-state index contributed by atoms with van der Waals surface area (Å²) in [6.07, 6.45) is 4.82. The van der Waals surface area contributed by atoms with E-state index in [4.69, 9.17) is 0 Å². The summed E-state index contributed by atoms with van der Waals surface area (Å²) in [5.41, 5.74) is 2.58. The first kappa shape index (κ1) is 16.4. The van der Waals surface area contributed by atoms with Crippen molar-refractivity contribution in [3.63, 3.8) is 0 Å². The minimum atomic E-state index is -3.55. The van der Waals surface area contributed by atoms with Crippen LogP contribution in [0.5, 0.6) is 0 Å². The summed E-state index contributed by atoms with van der Waals surface area (Å²) < 4.78 is 30.4. The Morgan fingerprint density at radius 1 is 1.28 bits per heavy atom. The molecule has 0 saturated heterocycles. The molecule has 0 unspecified atom stereocenters. The fraction of sp³-hybridized carbons (Fsp3) is 0.278. The molecule has 0 atom stereocenters. The molecule has 0 fully saturated rings. The van der Waals surface area contributed by atoms with Gasteiger partial charge in [0.15, 0.2) is 0 Å². The van der Waals surface area contributed by atoms with Crippen molar-refractivity contribution in [2.24, 2.45) is 0 Å². The molecule has 1 aliphatic rings. The fourth-order valence-corrected chi connectivity index (χ4v) is 5.47. The van der Waals surface area contributed by atoms with Gasteiger partial charge in [0, 0.05) is 29.1 Å². The average molecular weight is 374 g/mol. The second-order valence-corrected chi connectivity index (χ2v) is 9.15. The van der Waals surface area contributed by atoms with Gasteiger partial charge in [0.1, 0.15) is 10.0 Å². The molecule has 5 nitrogen and oxygen atoms in total. The number of hydrogen-bond acceptors (Lipinski definition) is 4. The van der Waals surface area contributed by atoms with E-state index in [1.807, 2.05) is 37.4 Å². The van der Waals surface area contributed by atoms with Gasteiger partial charge in [-0.15, -0.1) is 11.3 Å². The minimum absolute atomic E-state index is 0.347. The third-order valence-corrected chi connectivity index (χ3v) is 7.48. The van der Waals surface area contributed by atoms with E-state index in [1.54, 1.807) is 12.1 Å². The Hall–Kier alpha value is -2.12. The van der Waals surface area contributed by atoms with Crippen molar-refractivity contribution < 1.29 is 8.42 Å². The van der Waals surface area contributed by atoms with Crippen molar-refractivity contribution in [2.75, 3.05) is 4.72 Å². The number of benzene rings is 1. The predicted molar refractivity (Wildman–Crippen MR) is 100 cm³/mol. The monoisotopic (exact) mass is 373 g/mol. The maximum atomic E-state index is 12.6. The van der Waals surface area contributed by atoms with E-state index in [0.717, 1.165) is 47.8 Å². The Labute approximate surface area is 151 Å². The summed E-state index contributed by atoms with van der Waals surface area (Å²) in [4.78, 5) is 5.52. The second kappa shape index (κ2) is 6.31. The van der Waals surface area contributed by atoms with Gasteiger partial charge in [-0.2, -0.15) is 0 Å². The zero-order valence-corrected chi connectivity index (χ0v) is 15.5. The van der Waals surface area contributed by atoms with Crippen molar-refractivity contribution in [3.05, 3.63) is 53.3 Å². The molecule has 2 aromatic heterocycles. The van der Waals surface area contributed by atoms with E-state index >= 15 is 0 Å². The molecule has 0 amide bonds. The average Bonchev–Trinajstić information content (AvgIpc) is 3.31. The Balaban J connectivity index is 1.63. The minimum Gasteiger partial charge on any atom is -0.328 e. The third-order valence-electron chi connectivity index (χ3n) is 4.38. The van der Waals surface area contributed by atoms with Crippen LogP contribution in [-0.4, -0.2) is 18.0 Å². The summed E-state index contributed by atoms with van der Waals surface area (Å²) in [5.74, 6) is 1.10. The summed E-state index contributed by atoms with van der Waals surface area (Å²) in [7, 11) is -3.55. The van der Waals surface area contributed by atoms with Crippen LogP contribution in [0.1, 0.15) is 24.0 Å². The summed E-state index contributed by atoms with van der Waals surface area (Å²) in [5, 5.41) is 0. The van der Waals surface area contributed by atoms with E-state index in [9.17, 15) is 8.42 Å². The number of anilines is 1. The maximum Gasteiger partial charge on any atom is 0.271 e. The Morgan fingerprint density at radius 3 is 2.96 bits per heavy atom. The molecule has 7 heteroatoms. The van der Waals surface area contributed by atoms with Crippen LogP contribution in [0.3, 0.4) is 0 Å². The normalized spacial score (nSPS) is 13.8. The van der Waals surface area contributed by atoms with Crippen molar-refractivity contribution in [2.45, 2.75) is 36.9 Å². The van der Waals surface area contributed by atoms with Crippen LogP contribution in [0, 0.1) is 0 Å². The number of aromatic nitrogens is 2. The number of nitrogens with one attached hydrogen (secondary N) is 1. The molecule has 0 saturated carbocycles. The number of rotatable bonds is 5. The molecule has 3 heterocycles. The van der Waals surface area contributed by atoms with Crippen LogP contribution in [0.15, 0.2) is 46.8 Å². The molecule has 3 aromatic rings. The van der Waals surface area contributed by atoms with E-state index in [0.29, 0.717) is 9.90 Å². The number of hydrogen-bond donors (Lipinski definition) is 1. The van der Waals surface area contributed by atoms with E-state index in [-0.39, 0.29) is 0 Å². The molecule has 0 radical (unpaired) electrons. The van der Waals surface area contributed by atoms with Gasteiger partial charge < -0.3 is 4.57 Å². The molecule has 1 N–H and O–H groups in total. The lowest BCUT2D eigenvalue weighted by atomic mass is 10.1. The molecule has 0 spiro atoms. The maximum absolute atomic E-state index is 12.6. The first-order chi connectivity index (χ1) is 12.1. The smallest absolute Gasteiger partial charge is 0.271 e. The van der Waals surface area contributed by atoms with E-state index in [2.05, 4.69) is 14.3 Å². The van der Waals surface area contributed by atoms with Gasteiger partial charge in [-0.1, -0.05) is 19.1 Å². The van der Waals surface area contributed by atoms with Crippen molar-refractivity contribution in [1.29, 1.82) is 0 Å². The molecule has 0 bridgehead atoms. The van der Waals surface area contributed by atoms with Gasteiger partial charge >= 0.3 is 0 Å². The zero-order chi connectivity index (χ0) is 17.4. The lowest BCUT2D eigenvalue weighted by molar-refractivity contribution is 0.603. The highest BCUT2D eigenvalue weighted by atomic mass is 32.2. The largest absolute Gasteiger partial charge is 0.328 e. The van der Waals surface area contributed by atoms with E-state index < -0.39 is 10.0 Å². The lowest BCUT2D eigenvalue weighted by Crippen LogP contribution is -2.11. The molecule has 4 rings (SSSR count). The van der Waals surface area contributed by atoms with Crippen molar-refractivity contribution in [1.82, 2.24) is 9.55 Å². The quantitative estimate of drug-likeness (QED) is 0.737. The standard InChI is InChI=1S/C18H19N3O2S2/c1-2-15-8-9-18(24-15)25(22,23)20-14-6-3-5-13(11-14)16-12-19-17-7-4-10-21(16)17/h3,5-6,8-9,11-12,20H,2,4,7,10H2,1H3. The van der Waals surface area contributed by atoms with Crippen molar-refractivity contribution >= 4 is 27.0 Å². The first-order valence-corrected chi connectivity index (χ1v) is 10.6. The zero-order valence-electron chi connectivity index (χ0n) is 13.9. The van der Waals surface area contributed by atoms with Crippen LogP contribution < -0.4 is 4.72 Å². The highest BCUT2D eigenvalue weighted by Crippen LogP contribution is 2.29. The van der Waals surface area contributed by atoms with Crippen LogP contribution in [0.2, 0.25) is 0 Å². The number of sulfonamides is 1. The number of thiophene rings is 1. The number of aryl methyl sites for hydroxylation is 2. The predicted octanol–water partition coefficient (Wildman–Crippen LogP) is 3.92. The van der Waals surface area contributed by atoms with Crippen LogP contribution in [0.4, 0.5) is 5.69 Å². The SMILES string of the molecule is CCc1ccc(S(=O)(=O)Nc2cccc(-c3cnc4n3CCC4)c2)s1. The molecular formula is C18H19N3O2S2. The van der Waals surface area contributed by atoms with Crippen molar-refractivity contribution in [3.8, 4) is 11.3 Å². The topological polar surface area (TPSA) is 64.0 Å². The Bertz CT molecular complexity index is 1020. The fourth-order valence-electron chi connectivity index (χ4n) is 3.13. The molecule has 0 aliphatic carbocycles. The Morgan fingerprint density at radius 2 is 2.16 bits per heavy atom. The van der Waals surface area contributed by atoms with Crippen LogP contribution in [-0.2, 0) is 29.4 Å². The molecule has 1 aliphatic heterocycles. The van der Waals surface area contributed by atoms with Gasteiger partial charge in [0.2, 0.25) is 0 Å². The summed E-state index contributed by atoms with van der Waals surface area (Å²) in [6.45, 7) is 2.98. The van der Waals surface area contributed by atoms with Gasteiger partial charge in [0.05, 0.1) is 11.9 Å². The number of nitrogens with zero attached hydrogens (tertiary/aromatic N) is 2. The highest BCUT2D eigenvalue weighted by Gasteiger charge is 2.19. The van der Waals surface area contributed by atoms with Crippen LogP contribution >= 0.6 is 11.3 Å². The van der Waals surface area contributed by atoms with Gasteiger partial charge in [-0.3, -0.25) is 4.72 Å². The molecular weight excluding hydrogens is 354 g/mol. The molecule has 1 aromatic carbocycles. The van der Waals surface area contributed by atoms with E-state index in [1.165, 1.54) is 11.3 Å². The van der Waals surface area contributed by atoms with Crippen LogP contribution in [0.25, 0.3) is 11.3 Å². The number of fused-ring (bicyclic) bond motifs is 1. The van der Waals surface area contributed by atoms with Gasteiger partial charge in [-0.25, -0.2) is 13.4 Å². The van der Waals surface area contributed by atoms with Gasteiger partial charge in [-0.05, 0) is 37.1 Å². The highest BCUT2D eigenvalue weighted by molar-refractivity contribution is 7.94.